The summed E-state index contributed by atoms with van der Waals surface area (Å²) in [7, 11) is -12.0. The molecule has 0 saturated carbocycles. The molecule has 0 unspecified atom stereocenters. The molecule has 4 heterocycles. The van der Waals surface area contributed by atoms with Gasteiger partial charge in [0.05, 0.1) is 0 Å². The van der Waals surface area contributed by atoms with Crippen LogP contribution in [0, 0.1) is 0 Å². The van der Waals surface area contributed by atoms with Crippen molar-refractivity contribution < 1.29 is 99.7 Å². The molecule has 4 aromatic heterocycles. The zero-order valence-electron chi connectivity index (χ0n) is 48.7. The summed E-state index contributed by atoms with van der Waals surface area (Å²) in [5, 5.41) is 45.6. The van der Waals surface area contributed by atoms with Crippen molar-refractivity contribution in [3.63, 3.8) is 0 Å². The Balaban J connectivity index is 0.000000210. The van der Waals surface area contributed by atoms with Crippen molar-refractivity contribution in [3.8, 4) is 0 Å². The Morgan fingerprint density at radius 1 is 0.185 bits per heavy atom. The molecule has 12 aromatic rings. The van der Waals surface area contributed by atoms with Crippen LogP contribution < -0.4 is 0 Å². The van der Waals surface area contributed by atoms with E-state index in [9.17, 15) is 55.0 Å². The first-order valence-electron chi connectivity index (χ1n) is 28.0. The predicted molar refractivity (Wildman–Crippen MR) is 337 cm³/mol. The SMILES string of the molecule is F[B-](F)(F)F.F[B-](F)(F)F.OC(c1ccccc1)(c1ccccc1)c1ccncc1.OC(c1ccccc1)(c1ccccc1)c1ccncc1.OC(c1ccccc1)(c1ccccc1)c1ccncc1.OC(c1ccccc1)(c1ccccc1)c1ccncc1.[Ag+].[Ag+]. The molecule has 8 aromatic carbocycles. The summed E-state index contributed by atoms with van der Waals surface area (Å²) >= 11 is 0. The maximum absolute atomic E-state index is 11.4. The van der Waals surface area contributed by atoms with Crippen molar-refractivity contribution in [3.05, 3.63) is 408 Å². The molecule has 0 spiro atoms. The van der Waals surface area contributed by atoms with Gasteiger partial charge in [0.2, 0.25) is 0 Å². The normalized spacial score (nSPS) is 11.1. The number of hydrogen-bond donors (Lipinski definition) is 4. The molecular formula is C72H60Ag2B2F8N4O4. The van der Waals surface area contributed by atoms with E-state index in [0.717, 1.165) is 66.8 Å². The van der Waals surface area contributed by atoms with E-state index in [4.69, 9.17) is 0 Å². The first-order chi connectivity index (χ1) is 43.3. The number of aromatic nitrogens is 4. The molecule has 0 amide bonds. The van der Waals surface area contributed by atoms with Gasteiger partial charge in [-0.1, -0.05) is 243 Å². The summed E-state index contributed by atoms with van der Waals surface area (Å²) in [6, 6.07) is 92.3. The van der Waals surface area contributed by atoms with E-state index < -0.39 is 36.9 Å². The second-order valence-corrected chi connectivity index (χ2v) is 19.7. The van der Waals surface area contributed by atoms with Crippen LogP contribution in [0.2, 0.25) is 0 Å². The van der Waals surface area contributed by atoms with Gasteiger partial charge >= 0.3 is 59.3 Å². The van der Waals surface area contributed by atoms with E-state index in [2.05, 4.69) is 19.9 Å². The molecule has 8 nitrogen and oxygen atoms in total. The van der Waals surface area contributed by atoms with Gasteiger partial charge in [-0.05, 0) is 115 Å². The summed E-state index contributed by atoms with van der Waals surface area (Å²) in [4.78, 5) is 16.1. The van der Waals surface area contributed by atoms with E-state index in [1.165, 1.54) is 0 Å². The van der Waals surface area contributed by atoms with Gasteiger partial charge < -0.3 is 55.0 Å². The number of benzene rings is 8. The molecule has 0 fully saturated rings. The van der Waals surface area contributed by atoms with E-state index in [0.29, 0.717) is 0 Å². The van der Waals surface area contributed by atoms with E-state index in [-0.39, 0.29) is 44.8 Å². The maximum Gasteiger partial charge on any atom is 1.00 e. The third-order valence-electron chi connectivity index (χ3n) is 13.9. The van der Waals surface area contributed by atoms with Crippen LogP contribution >= 0.6 is 0 Å². The van der Waals surface area contributed by atoms with Gasteiger partial charge in [-0.15, -0.1) is 0 Å². The standard InChI is InChI=1S/4C18H15NO.2Ag.2BF4/c4*20-18(15-7-3-1-4-8-15,16-9-5-2-6-10-16)17-11-13-19-14-12-17;;;2*2-1(3,4)5/h4*1-14,20H;;;;/q;;;;2*+1;2*-1. The second-order valence-electron chi connectivity index (χ2n) is 19.7. The van der Waals surface area contributed by atoms with Crippen LogP contribution in [0.5, 0.6) is 0 Å². The van der Waals surface area contributed by atoms with Crippen molar-refractivity contribution in [2.24, 2.45) is 0 Å². The Labute approximate surface area is 560 Å². The Bertz CT molecular complexity index is 3020. The van der Waals surface area contributed by atoms with Crippen molar-refractivity contribution in [2.45, 2.75) is 22.4 Å². The number of pyridine rings is 4. The van der Waals surface area contributed by atoms with Crippen molar-refractivity contribution in [1.82, 2.24) is 19.9 Å². The molecule has 0 saturated heterocycles. The van der Waals surface area contributed by atoms with Gasteiger partial charge in [0.25, 0.3) is 0 Å². The minimum absolute atomic E-state index is 0. The van der Waals surface area contributed by atoms with Gasteiger partial charge in [-0.25, -0.2) is 0 Å². The molecule has 0 aliphatic heterocycles. The van der Waals surface area contributed by atoms with Gasteiger partial charge in [0.1, 0.15) is 22.4 Å². The summed E-state index contributed by atoms with van der Waals surface area (Å²) < 4.78 is 78.0. The van der Waals surface area contributed by atoms with E-state index in [1.54, 1.807) is 49.6 Å². The molecule has 0 atom stereocenters. The van der Waals surface area contributed by atoms with Crippen LogP contribution in [0.4, 0.5) is 34.5 Å². The first kappa shape index (κ1) is 74.0. The molecule has 0 aliphatic carbocycles. The van der Waals surface area contributed by atoms with Crippen molar-refractivity contribution in [2.75, 3.05) is 0 Å². The predicted octanol–water partition coefficient (Wildman–Crippen LogP) is 16.1. The zero-order chi connectivity index (χ0) is 64.4. The van der Waals surface area contributed by atoms with Crippen molar-refractivity contribution >= 4 is 14.5 Å². The Morgan fingerprint density at radius 2 is 0.272 bits per heavy atom. The quantitative estimate of drug-likeness (QED) is 0.0702. The molecule has 476 valence electrons. The number of rotatable bonds is 12. The van der Waals surface area contributed by atoms with Crippen LogP contribution in [-0.4, -0.2) is 54.9 Å². The topological polar surface area (TPSA) is 132 Å². The largest absolute Gasteiger partial charge is 1.00 e. The fraction of sp³-hybridized carbons (Fsp3) is 0.0556. The van der Waals surface area contributed by atoms with Crippen LogP contribution in [-0.2, 0) is 67.2 Å². The molecular weight excluding hydrogens is 1370 g/mol. The van der Waals surface area contributed by atoms with Gasteiger partial charge in [0.15, 0.2) is 0 Å². The first-order valence-corrected chi connectivity index (χ1v) is 28.0. The summed E-state index contributed by atoms with van der Waals surface area (Å²) in [6.07, 6.45) is 13.6. The third kappa shape index (κ3) is 20.6. The number of halogens is 8. The third-order valence-corrected chi connectivity index (χ3v) is 13.9. The van der Waals surface area contributed by atoms with E-state index in [1.807, 2.05) is 291 Å². The van der Waals surface area contributed by atoms with Gasteiger partial charge in [0, 0.05) is 49.6 Å². The van der Waals surface area contributed by atoms with Crippen LogP contribution in [0.15, 0.2) is 341 Å². The number of hydrogen-bond acceptors (Lipinski definition) is 8. The Morgan fingerprint density at radius 3 is 0.370 bits per heavy atom. The van der Waals surface area contributed by atoms with Gasteiger partial charge in [-0.2, -0.15) is 0 Å². The minimum Gasteiger partial charge on any atom is -0.418 e. The maximum atomic E-state index is 11.4. The minimum atomic E-state index is -6.00. The van der Waals surface area contributed by atoms with Crippen LogP contribution in [0.1, 0.15) is 66.8 Å². The zero-order valence-corrected chi connectivity index (χ0v) is 51.7. The Hall–Kier alpha value is -8.75. The fourth-order valence-corrected chi connectivity index (χ4v) is 9.81. The molecule has 92 heavy (non-hydrogen) atoms. The number of nitrogens with zero attached hydrogens (tertiary/aromatic N) is 4. The number of aliphatic hydroxyl groups is 4. The molecule has 4 N–H and O–H groups in total. The molecule has 0 radical (unpaired) electrons. The Kier molecular flexibility index (Phi) is 28.7. The smallest absolute Gasteiger partial charge is 0.418 e. The van der Waals surface area contributed by atoms with E-state index >= 15 is 0 Å². The molecule has 20 heteroatoms. The average Bonchev–Trinajstić information content (AvgIpc) is 0.825. The summed E-state index contributed by atoms with van der Waals surface area (Å²) in [5.74, 6) is 0. The summed E-state index contributed by atoms with van der Waals surface area (Å²) in [5.41, 5.74) is 5.35. The molecule has 12 rings (SSSR count). The fourth-order valence-electron chi connectivity index (χ4n) is 9.81. The molecule has 0 aliphatic rings. The van der Waals surface area contributed by atoms with Crippen molar-refractivity contribution in [1.29, 1.82) is 0 Å². The van der Waals surface area contributed by atoms with Crippen LogP contribution in [0.25, 0.3) is 0 Å². The summed E-state index contributed by atoms with van der Waals surface area (Å²) in [6.45, 7) is 0. The van der Waals surface area contributed by atoms with Gasteiger partial charge in [-0.3, -0.25) is 19.9 Å². The van der Waals surface area contributed by atoms with Crippen LogP contribution in [0.3, 0.4) is 0 Å². The monoisotopic (exact) mass is 1430 g/mol. The second kappa shape index (κ2) is 35.7. The molecule has 0 bridgehead atoms. The average molecular weight is 1430 g/mol.